The third kappa shape index (κ3) is 6.66. The van der Waals surface area contributed by atoms with Crippen LogP contribution in [-0.4, -0.2) is 0 Å². The average Bonchev–Trinajstić information content (AvgIpc) is 3.30. The number of hydrogen-bond acceptors (Lipinski definition) is 1. The lowest BCUT2D eigenvalue weighted by Crippen LogP contribution is -2.09. The number of anilines is 3. The van der Waals surface area contributed by atoms with Crippen LogP contribution in [0.25, 0.3) is 77.2 Å². The van der Waals surface area contributed by atoms with Gasteiger partial charge in [0, 0.05) is 17.1 Å². The predicted molar refractivity (Wildman–Crippen MR) is 243 cm³/mol. The normalized spacial score (nSPS) is 11.2. The maximum absolute atomic E-state index is 2.37. The first kappa shape index (κ1) is 34.0. The molecule has 0 atom stereocenters. The van der Waals surface area contributed by atoms with Crippen LogP contribution in [0.1, 0.15) is 0 Å². The van der Waals surface area contributed by atoms with Gasteiger partial charge in [0.2, 0.25) is 0 Å². The molecule has 268 valence electrons. The van der Waals surface area contributed by atoms with E-state index in [9.17, 15) is 0 Å². The highest BCUT2D eigenvalue weighted by Gasteiger charge is 2.16. The van der Waals surface area contributed by atoms with E-state index in [-0.39, 0.29) is 0 Å². The van der Waals surface area contributed by atoms with Crippen molar-refractivity contribution in [2.75, 3.05) is 4.90 Å². The van der Waals surface area contributed by atoms with Crippen LogP contribution in [-0.2, 0) is 0 Å². The number of fused-ring (bicyclic) bond motifs is 2. The van der Waals surface area contributed by atoms with Crippen LogP contribution in [0.2, 0.25) is 0 Å². The van der Waals surface area contributed by atoms with Gasteiger partial charge in [-0.15, -0.1) is 0 Å². The molecular formula is C56H39N. The lowest BCUT2D eigenvalue weighted by molar-refractivity contribution is 1.28. The molecule has 0 spiro atoms. The first-order valence-electron chi connectivity index (χ1n) is 19.6. The van der Waals surface area contributed by atoms with Crippen LogP contribution >= 0.6 is 0 Å². The second-order valence-electron chi connectivity index (χ2n) is 14.5. The summed E-state index contributed by atoms with van der Waals surface area (Å²) in [4.78, 5) is 2.35. The van der Waals surface area contributed by atoms with Crippen LogP contribution in [0, 0.1) is 0 Å². The summed E-state index contributed by atoms with van der Waals surface area (Å²) in [5.41, 5.74) is 15.4. The largest absolute Gasteiger partial charge is 0.311 e. The Balaban J connectivity index is 1.05. The van der Waals surface area contributed by atoms with Gasteiger partial charge in [0.25, 0.3) is 0 Å². The summed E-state index contributed by atoms with van der Waals surface area (Å²) in [6.45, 7) is 0. The zero-order valence-corrected chi connectivity index (χ0v) is 31.5. The average molecular weight is 726 g/mol. The summed E-state index contributed by atoms with van der Waals surface area (Å²) in [6.07, 6.45) is 0. The maximum Gasteiger partial charge on any atom is 0.0462 e. The van der Waals surface area contributed by atoms with E-state index in [1.54, 1.807) is 0 Å². The maximum atomic E-state index is 2.37. The second kappa shape index (κ2) is 15.0. The Bertz CT molecular complexity index is 2950. The molecule has 0 unspecified atom stereocenters. The summed E-state index contributed by atoms with van der Waals surface area (Å²) < 4.78 is 0. The van der Waals surface area contributed by atoms with Crippen molar-refractivity contribution >= 4 is 38.6 Å². The van der Waals surface area contributed by atoms with E-state index in [1.165, 1.54) is 77.2 Å². The molecule has 0 aliphatic heterocycles. The highest BCUT2D eigenvalue weighted by atomic mass is 15.1. The molecule has 1 nitrogen and oxygen atoms in total. The van der Waals surface area contributed by atoms with Gasteiger partial charge in [0.1, 0.15) is 0 Å². The van der Waals surface area contributed by atoms with Crippen molar-refractivity contribution in [2.45, 2.75) is 0 Å². The first-order chi connectivity index (χ1) is 28.3. The smallest absolute Gasteiger partial charge is 0.0462 e. The lowest BCUT2D eigenvalue weighted by Gasteiger charge is -2.26. The molecule has 0 bridgehead atoms. The fraction of sp³-hybridized carbons (Fsp3) is 0. The van der Waals surface area contributed by atoms with Crippen molar-refractivity contribution in [1.29, 1.82) is 0 Å². The summed E-state index contributed by atoms with van der Waals surface area (Å²) in [5, 5.41) is 5.01. The van der Waals surface area contributed by atoms with Crippen LogP contribution in [0.3, 0.4) is 0 Å². The minimum atomic E-state index is 1.10. The fourth-order valence-corrected chi connectivity index (χ4v) is 8.23. The molecule has 0 fully saturated rings. The van der Waals surface area contributed by atoms with Gasteiger partial charge in [-0.3, -0.25) is 0 Å². The molecule has 10 rings (SSSR count). The molecule has 0 aliphatic carbocycles. The van der Waals surface area contributed by atoms with Gasteiger partial charge in [-0.1, -0.05) is 194 Å². The molecule has 0 aliphatic rings. The summed E-state index contributed by atoms with van der Waals surface area (Å²) in [6, 6.07) is 85.6. The third-order valence-corrected chi connectivity index (χ3v) is 11.1. The summed E-state index contributed by atoms with van der Waals surface area (Å²) in [7, 11) is 0. The quantitative estimate of drug-likeness (QED) is 0.151. The zero-order valence-electron chi connectivity index (χ0n) is 31.5. The molecule has 0 heterocycles. The van der Waals surface area contributed by atoms with Crippen molar-refractivity contribution < 1.29 is 0 Å². The fourth-order valence-electron chi connectivity index (χ4n) is 8.23. The third-order valence-electron chi connectivity index (χ3n) is 11.1. The molecule has 0 amide bonds. The van der Waals surface area contributed by atoms with Gasteiger partial charge in [-0.2, -0.15) is 0 Å². The van der Waals surface area contributed by atoms with Crippen molar-refractivity contribution in [3.05, 3.63) is 237 Å². The van der Waals surface area contributed by atoms with Crippen LogP contribution in [0.5, 0.6) is 0 Å². The Morgan fingerprint density at radius 2 is 0.596 bits per heavy atom. The summed E-state index contributed by atoms with van der Waals surface area (Å²) >= 11 is 0. The molecule has 57 heavy (non-hydrogen) atoms. The van der Waals surface area contributed by atoms with Crippen molar-refractivity contribution in [3.8, 4) is 55.6 Å². The number of benzene rings is 10. The van der Waals surface area contributed by atoms with Crippen LogP contribution in [0.4, 0.5) is 17.1 Å². The Morgan fingerprint density at radius 3 is 1.18 bits per heavy atom. The van der Waals surface area contributed by atoms with Gasteiger partial charge >= 0.3 is 0 Å². The van der Waals surface area contributed by atoms with E-state index < -0.39 is 0 Å². The highest BCUT2D eigenvalue weighted by Crippen LogP contribution is 2.41. The zero-order chi connectivity index (χ0) is 38.0. The second-order valence-corrected chi connectivity index (χ2v) is 14.5. The minimum absolute atomic E-state index is 1.10. The number of nitrogens with zero attached hydrogens (tertiary/aromatic N) is 1. The first-order valence-corrected chi connectivity index (χ1v) is 19.6. The van der Waals surface area contributed by atoms with Gasteiger partial charge in [0.15, 0.2) is 0 Å². The molecule has 0 radical (unpaired) electrons. The van der Waals surface area contributed by atoms with Gasteiger partial charge in [-0.05, 0) is 120 Å². The monoisotopic (exact) mass is 725 g/mol. The van der Waals surface area contributed by atoms with Crippen LogP contribution in [0.15, 0.2) is 237 Å². The molecule has 10 aromatic carbocycles. The molecule has 0 aromatic heterocycles. The lowest BCUT2D eigenvalue weighted by atomic mass is 9.89. The molecule has 0 saturated heterocycles. The summed E-state index contributed by atoms with van der Waals surface area (Å²) in [5.74, 6) is 0. The van der Waals surface area contributed by atoms with Crippen molar-refractivity contribution in [2.24, 2.45) is 0 Å². The molecule has 0 N–H and O–H groups in total. The van der Waals surface area contributed by atoms with Gasteiger partial charge in [-0.25, -0.2) is 0 Å². The van der Waals surface area contributed by atoms with E-state index in [0.717, 1.165) is 17.1 Å². The van der Waals surface area contributed by atoms with Gasteiger partial charge < -0.3 is 4.90 Å². The predicted octanol–water partition coefficient (Wildman–Crippen LogP) is 15.8. The minimum Gasteiger partial charge on any atom is -0.311 e. The molecule has 1 heteroatoms. The van der Waals surface area contributed by atoms with Crippen molar-refractivity contribution in [3.63, 3.8) is 0 Å². The van der Waals surface area contributed by atoms with Crippen molar-refractivity contribution in [1.82, 2.24) is 0 Å². The van der Waals surface area contributed by atoms with E-state index >= 15 is 0 Å². The Kier molecular flexibility index (Phi) is 8.95. The topological polar surface area (TPSA) is 3.24 Å². The standard InChI is InChI=1S/C56H39N/c1-3-13-40(14-4-1)41-25-32-48(33-26-41)57(50-36-29-46(30-37-50)52-23-11-19-44-17-7-9-21-51(44)52)49-34-27-42(28-35-49)47-31-38-54(43-15-5-2-6-16-43)56(39-47)55-24-12-20-45-18-8-10-22-53(45)55/h1-39H. The SMILES string of the molecule is c1ccc(-c2ccc(N(c3ccc(-c4ccc(-c5ccccc5)c(-c5cccc6ccccc56)c4)cc3)c3ccc(-c4cccc5ccccc45)cc3)cc2)cc1. The molecule has 0 saturated carbocycles. The van der Waals surface area contributed by atoms with E-state index in [0.29, 0.717) is 0 Å². The number of hydrogen-bond donors (Lipinski definition) is 0. The Morgan fingerprint density at radius 1 is 0.211 bits per heavy atom. The van der Waals surface area contributed by atoms with E-state index in [4.69, 9.17) is 0 Å². The number of rotatable bonds is 8. The van der Waals surface area contributed by atoms with E-state index in [1.807, 2.05) is 0 Å². The molecular weight excluding hydrogens is 687 g/mol. The van der Waals surface area contributed by atoms with Gasteiger partial charge in [0.05, 0.1) is 0 Å². The Hall–Kier alpha value is -7.48. The molecule has 10 aromatic rings. The Labute approximate surface area is 334 Å². The van der Waals surface area contributed by atoms with E-state index in [2.05, 4.69) is 241 Å². The van der Waals surface area contributed by atoms with Crippen LogP contribution < -0.4 is 4.90 Å². The highest BCUT2D eigenvalue weighted by molar-refractivity contribution is 6.01.